The van der Waals surface area contributed by atoms with Gasteiger partial charge >= 0.3 is 8.25 Å². The third kappa shape index (κ3) is 4.64. The summed E-state index contributed by atoms with van der Waals surface area (Å²) < 4.78 is 29.1. The van der Waals surface area contributed by atoms with E-state index in [1.54, 1.807) is 0 Å². The maximum atomic E-state index is 14.0. The number of hydrogen-bond acceptors (Lipinski definition) is 3. The molecule has 0 heterocycles. The number of rotatable bonds is 7. The molecule has 0 aliphatic heterocycles. The first-order valence-corrected chi connectivity index (χ1v) is 6.35. The molecular weight excluding hydrogens is 234 g/mol. The van der Waals surface area contributed by atoms with Gasteiger partial charge < -0.3 is 0 Å². The van der Waals surface area contributed by atoms with Crippen molar-refractivity contribution >= 4 is 14.0 Å². The Bertz CT molecular complexity index is 276. The van der Waals surface area contributed by atoms with Crippen molar-refractivity contribution in [2.24, 2.45) is 0 Å². The quantitative estimate of drug-likeness (QED) is 0.708. The Morgan fingerprint density at radius 3 is 2.31 bits per heavy atom. The third-order valence-corrected chi connectivity index (χ3v) is 2.94. The van der Waals surface area contributed by atoms with Crippen LogP contribution in [-0.2, 0) is 13.9 Å². The third-order valence-electron chi connectivity index (χ3n) is 2.33. The van der Waals surface area contributed by atoms with E-state index in [-0.39, 0.29) is 6.42 Å². The highest BCUT2D eigenvalue weighted by Gasteiger charge is 2.48. The highest BCUT2D eigenvalue weighted by atomic mass is 31.1. The monoisotopic (exact) mass is 253 g/mol. The van der Waals surface area contributed by atoms with Crippen molar-refractivity contribution in [3.63, 3.8) is 0 Å². The lowest BCUT2D eigenvalue weighted by Gasteiger charge is -2.25. The van der Waals surface area contributed by atoms with Crippen molar-refractivity contribution in [3.8, 4) is 0 Å². The molecule has 1 N–H and O–H groups in total. The number of hydrogen-bond donors (Lipinski definition) is 1. The standard InChI is InChI=1S/C10H18FO4P/c1-5-6-7-10(4,11)8(12)9(2,3)15-16(13)14/h5-7H2,1-4H3/p+1. The molecule has 0 fully saturated rings. The highest BCUT2D eigenvalue weighted by molar-refractivity contribution is 7.32. The zero-order valence-electron chi connectivity index (χ0n) is 10.1. The van der Waals surface area contributed by atoms with Gasteiger partial charge in [0.15, 0.2) is 11.3 Å². The molecule has 0 aromatic heterocycles. The summed E-state index contributed by atoms with van der Waals surface area (Å²) in [5.74, 6) is -0.800. The fourth-order valence-electron chi connectivity index (χ4n) is 1.49. The van der Waals surface area contributed by atoms with Crippen LogP contribution in [0.1, 0.15) is 47.0 Å². The minimum absolute atomic E-state index is 0.0946. The molecular formula is C10H19FO4P+. The van der Waals surface area contributed by atoms with E-state index in [9.17, 15) is 13.8 Å². The first-order chi connectivity index (χ1) is 7.13. The molecule has 0 saturated heterocycles. The molecule has 2 unspecified atom stereocenters. The molecule has 0 aliphatic carbocycles. The van der Waals surface area contributed by atoms with E-state index in [0.29, 0.717) is 6.42 Å². The average Bonchev–Trinajstić information content (AvgIpc) is 2.11. The highest BCUT2D eigenvalue weighted by Crippen LogP contribution is 2.33. The van der Waals surface area contributed by atoms with Gasteiger partial charge in [0.25, 0.3) is 0 Å². The number of alkyl halides is 1. The Morgan fingerprint density at radius 2 is 1.94 bits per heavy atom. The molecule has 0 saturated carbocycles. The SMILES string of the molecule is CCCCC(C)(F)C(=O)C(C)(C)O[P+](=O)O. The van der Waals surface area contributed by atoms with Crippen LogP contribution in [0.3, 0.4) is 0 Å². The lowest BCUT2D eigenvalue weighted by molar-refractivity contribution is -0.144. The number of ketones is 1. The first-order valence-electron chi connectivity index (χ1n) is 5.22. The van der Waals surface area contributed by atoms with Gasteiger partial charge in [0.1, 0.15) is 0 Å². The predicted molar refractivity (Wildman–Crippen MR) is 59.0 cm³/mol. The van der Waals surface area contributed by atoms with Crippen molar-refractivity contribution in [2.75, 3.05) is 0 Å². The summed E-state index contributed by atoms with van der Waals surface area (Å²) in [5, 5.41) is 0. The molecule has 0 bridgehead atoms. The molecule has 0 aromatic rings. The van der Waals surface area contributed by atoms with Gasteiger partial charge in [-0.3, -0.25) is 4.79 Å². The van der Waals surface area contributed by atoms with Crippen LogP contribution in [0.25, 0.3) is 0 Å². The topological polar surface area (TPSA) is 63.6 Å². The fraction of sp³-hybridized carbons (Fsp3) is 0.900. The van der Waals surface area contributed by atoms with Crippen LogP contribution in [0, 0.1) is 0 Å². The molecule has 94 valence electrons. The molecule has 0 aromatic carbocycles. The average molecular weight is 253 g/mol. The van der Waals surface area contributed by atoms with Crippen molar-refractivity contribution in [3.05, 3.63) is 0 Å². The Kier molecular flexibility index (Phi) is 5.66. The number of unbranched alkanes of at least 4 members (excludes halogenated alkanes) is 1. The van der Waals surface area contributed by atoms with E-state index < -0.39 is 25.3 Å². The largest absolute Gasteiger partial charge is 0.695 e. The van der Waals surface area contributed by atoms with Gasteiger partial charge in [-0.05, 0) is 27.2 Å². The summed E-state index contributed by atoms with van der Waals surface area (Å²) >= 11 is 0. The van der Waals surface area contributed by atoms with Crippen molar-refractivity contribution in [1.29, 1.82) is 0 Å². The van der Waals surface area contributed by atoms with Gasteiger partial charge in [-0.2, -0.15) is 0 Å². The Balaban J connectivity index is 4.68. The zero-order chi connectivity index (χ0) is 13.0. The fourth-order valence-corrected chi connectivity index (χ4v) is 1.96. The smallest absolute Gasteiger partial charge is 0.293 e. The first kappa shape index (κ1) is 15.6. The van der Waals surface area contributed by atoms with Crippen molar-refractivity contribution < 1.29 is 23.2 Å². The molecule has 0 amide bonds. The van der Waals surface area contributed by atoms with E-state index >= 15 is 0 Å². The summed E-state index contributed by atoms with van der Waals surface area (Å²) in [6.07, 6.45) is 1.46. The molecule has 0 aliphatic rings. The zero-order valence-corrected chi connectivity index (χ0v) is 11.0. The Morgan fingerprint density at radius 1 is 1.44 bits per heavy atom. The molecule has 0 radical (unpaired) electrons. The summed E-state index contributed by atoms with van der Waals surface area (Å²) in [6, 6.07) is 0. The van der Waals surface area contributed by atoms with Crippen molar-refractivity contribution in [1.82, 2.24) is 0 Å². The van der Waals surface area contributed by atoms with Gasteiger partial charge in [-0.1, -0.05) is 19.8 Å². The van der Waals surface area contributed by atoms with Crippen LogP contribution in [0.15, 0.2) is 0 Å². The van der Waals surface area contributed by atoms with E-state index in [1.165, 1.54) is 20.8 Å². The van der Waals surface area contributed by atoms with Gasteiger partial charge in [0.2, 0.25) is 5.78 Å². The van der Waals surface area contributed by atoms with Crippen LogP contribution in [0.5, 0.6) is 0 Å². The molecule has 2 atom stereocenters. The van der Waals surface area contributed by atoms with Crippen LogP contribution in [0.2, 0.25) is 0 Å². The molecule has 6 heteroatoms. The second-order valence-electron chi connectivity index (χ2n) is 4.47. The summed E-state index contributed by atoms with van der Waals surface area (Å²) in [6.45, 7) is 5.67. The van der Waals surface area contributed by atoms with Crippen LogP contribution in [0.4, 0.5) is 4.39 Å². The second kappa shape index (κ2) is 5.80. The van der Waals surface area contributed by atoms with Gasteiger partial charge in [-0.15, -0.1) is 9.42 Å². The lowest BCUT2D eigenvalue weighted by Crippen LogP contribution is -2.46. The summed E-state index contributed by atoms with van der Waals surface area (Å²) in [5.41, 5.74) is -3.61. The van der Waals surface area contributed by atoms with E-state index in [0.717, 1.165) is 6.42 Å². The van der Waals surface area contributed by atoms with Gasteiger partial charge in [-0.25, -0.2) is 4.39 Å². The van der Waals surface area contributed by atoms with Crippen LogP contribution >= 0.6 is 8.25 Å². The molecule has 16 heavy (non-hydrogen) atoms. The minimum Gasteiger partial charge on any atom is -0.293 e. The number of carbonyl (C=O) groups is 1. The Labute approximate surface area is 96.1 Å². The van der Waals surface area contributed by atoms with E-state index in [2.05, 4.69) is 4.52 Å². The normalized spacial score (nSPS) is 16.8. The molecule has 4 nitrogen and oxygen atoms in total. The van der Waals surface area contributed by atoms with E-state index in [4.69, 9.17) is 4.89 Å². The summed E-state index contributed by atoms with van der Waals surface area (Å²) in [7, 11) is -2.92. The van der Waals surface area contributed by atoms with Gasteiger partial charge in [0.05, 0.1) is 0 Å². The summed E-state index contributed by atoms with van der Waals surface area (Å²) in [4.78, 5) is 20.4. The molecule has 0 rings (SSSR count). The van der Waals surface area contributed by atoms with Gasteiger partial charge in [0, 0.05) is 4.57 Å². The number of halogens is 1. The number of Topliss-reactive ketones (excluding diaryl/α,β-unsaturated/α-hetero) is 1. The second-order valence-corrected chi connectivity index (χ2v) is 5.13. The predicted octanol–water partition coefficient (Wildman–Crippen LogP) is 2.92. The minimum atomic E-state index is -2.92. The maximum absolute atomic E-state index is 14.0. The Hall–Kier alpha value is -0.380. The maximum Gasteiger partial charge on any atom is 0.695 e. The van der Waals surface area contributed by atoms with Crippen molar-refractivity contribution in [2.45, 2.75) is 58.2 Å². The van der Waals surface area contributed by atoms with Crippen LogP contribution < -0.4 is 0 Å². The number of carbonyl (C=O) groups excluding carboxylic acids is 1. The molecule has 0 spiro atoms. The van der Waals surface area contributed by atoms with Crippen LogP contribution in [-0.4, -0.2) is 21.9 Å². The lowest BCUT2D eigenvalue weighted by atomic mass is 9.87. The van der Waals surface area contributed by atoms with E-state index in [1.807, 2.05) is 6.92 Å².